The Kier molecular flexibility index (Phi) is 2.65. The molecule has 1 saturated carbocycles. The monoisotopic (exact) mass is 210 g/mol. The zero-order chi connectivity index (χ0) is 10.8. The molecule has 0 amide bonds. The van der Waals surface area contributed by atoms with Crippen LogP contribution in [0.25, 0.3) is 5.57 Å². The number of rotatable bonds is 1. The third-order valence-electron chi connectivity index (χ3n) is 3.79. The number of hydrogen-bond donors (Lipinski definition) is 0. The van der Waals surface area contributed by atoms with Crippen LogP contribution in [0, 0.1) is 5.92 Å². The van der Waals surface area contributed by atoms with Crippen molar-refractivity contribution in [2.75, 3.05) is 0 Å². The molecule has 1 atom stereocenters. The average molecular weight is 210 g/mol. The topological polar surface area (TPSA) is 0 Å². The van der Waals surface area contributed by atoms with Crippen LogP contribution in [-0.4, -0.2) is 0 Å². The minimum atomic E-state index is 0.748. The van der Waals surface area contributed by atoms with Gasteiger partial charge in [-0.25, -0.2) is 0 Å². The summed E-state index contributed by atoms with van der Waals surface area (Å²) in [7, 11) is 0. The van der Waals surface area contributed by atoms with E-state index >= 15 is 0 Å². The molecule has 1 unspecified atom stereocenters. The molecule has 0 heteroatoms. The molecular weight excluding hydrogens is 192 g/mol. The number of benzene rings is 1. The molecule has 0 radical (unpaired) electrons. The summed E-state index contributed by atoms with van der Waals surface area (Å²) < 4.78 is 0. The molecule has 2 aliphatic rings. The first-order valence-corrected chi connectivity index (χ1v) is 6.41. The third-order valence-corrected chi connectivity index (χ3v) is 3.79. The fourth-order valence-corrected chi connectivity index (χ4v) is 2.89. The second-order valence-electron chi connectivity index (χ2n) is 4.91. The van der Waals surface area contributed by atoms with Crippen molar-refractivity contribution in [3.05, 3.63) is 53.6 Å². The van der Waals surface area contributed by atoms with Crippen molar-refractivity contribution < 1.29 is 0 Å². The lowest BCUT2D eigenvalue weighted by atomic mass is 9.98. The second-order valence-corrected chi connectivity index (χ2v) is 4.91. The van der Waals surface area contributed by atoms with Crippen LogP contribution in [0.15, 0.2) is 48.1 Å². The lowest BCUT2D eigenvalue weighted by Gasteiger charge is -2.07. The second kappa shape index (κ2) is 4.29. The standard InChI is InChI=1S/C16H18/c1-3-7-13(8-4-1)16-11-14-9-5-2-6-10-15(14)12-16/h1,3-4,7-8,11-12,14H,2,5-6,9-10H2. The molecule has 0 aromatic heterocycles. The molecule has 1 aromatic rings. The first-order valence-electron chi connectivity index (χ1n) is 6.41. The van der Waals surface area contributed by atoms with Crippen molar-refractivity contribution in [3.63, 3.8) is 0 Å². The summed E-state index contributed by atoms with van der Waals surface area (Å²) in [6, 6.07) is 10.8. The molecule has 0 heterocycles. The van der Waals surface area contributed by atoms with Crippen LogP contribution < -0.4 is 0 Å². The van der Waals surface area contributed by atoms with Crippen molar-refractivity contribution in [3.8, 4) is 0 Å². The molecule has 1 fully saturated rings. The van der Waals surface area contributed by atoms with E-state index in [9.17, 15) is 0 Å². The van der Waals surface area contributed by atoms with Gasteiger partial charge in [-0.3, -0.25) is 0 Å². The Morgan fingerprint density at radius 1 is 0.938 bits per heavy atom. The summed E-state index contributed by atoms with van der Waals surface area (Å²) in [4.78, 5) is 0. The fourth-order valence-electron chi connectivity index (χ4n) is 2.89. The summed E-state index contributed by atoms with van der Waals surface area (Å²) >= 11 is 0. The Labute approximate surface area is 97.7 Å². The van der Waals surface area contributed by atoms with Crippen molar-refractivity contribution in [2.24, 2.45) is 5.92 Å². The van der Waals surface area contributed by atoms with Gasteiger partial charge < -0.3 is 0 Å². The highest BCUT2D eigenvalue weighted by atomic mass is 14.3. The van der Waals surface area contributed by atoms with E-state index in [0.29, 0.717) is 0 Å². The zero-order valence-corrected chi connectivity index (χ0v) is 9.65. The van der Waals surface area contributed by atoms with Crippen LogP contribution in [-0.2, 0) is 0 Å². The van der Waals surface area contributed by atoms with Crippen molar-refractivity contribution in [2.45, 2.75) is 32.1 Å². The Balaban J connectivity index is 1.89. The average Bonchev–Trinajstić information content (AvgIpc) is 2.62. The van der Waals surface area contributed by atoms with E-state index in [4.69, 9.17) is 0 Å². The van der Waals surface area contributed by atoms with E-state index in [0.717, 1.165) is 5.92 Å². The highest BCUT2D eigenvalue weighted by Crippen LogP contribution is 2.38. The number of fused-ring (bicyclic) bond motifs is 1. The molecule has 82 valence electrons. The number of hydrogen-bond acceptors (Lipinski definition) is 0. The molecular formula is C16H18. The minimum Gasteiger partial charge on any atom is -0.0695 e. The van der Waals surface area contributed by atoms with E-state index < -0.39 is 0 Å². The van der Waals surface area contributed by atoms with Gasteiger partial charge in [0.1, 0.15) is 0 Å². The van der Waals surface area contributed by atoms with Crippen LogP contribution in [0.4, 0.5) is 0 Å². The van der Waals surface area contributed by atoms with Gasteiger partial charge in [0.2, 0.25) is 0 Å². The Bertz CT molecular complexity index is 423. The van der Waals surface area contributed by atoms with Gasteiger partial charge >= 0.3 is 0 Å². The van der Waals surface area contributed by atoms with Gasteiger partial charge in [-0.15, -0.1) is 0 Å². The Morgan fingerprint density at radius 3 is 2.69 bits per heavy atom. The van der Waals surface area contributed by atoms with Crippen molar-refractivity contribution in [1.82, 2.24) is 0 Å². The molecule has 1 aromatic carbocycles. The van der Waals surface area contributed by atoms with Gasteiger partial charge in [-0.2, -0.15) is 0 Å². The van der Waals surface area contributed by atoms with Crippen molar-refractivity contribution in [1.29, 1.82) is 0 Å². The molecule has 0 saturated heterocycles. The van der Waals surface area contributed by atoms with Crippen molar-refractivity contribution >= 4 is 5.57 Å². The van der Waals surface area contributed by atoms with E-state index in [1.807, 2.05) is 0 Å². The summed E-state index contributed by atoms with van der Waals surface area (Å²) in [5.74, 6) is 0.748. The van der Waals surface area contributed by atoms with Crippen LogP contribution >= 0.6 is 0 Å². The molecule has 0 aliphatic heterocycles. The highest BCUT2D eigenvalue weighted by Gasteiger charge is 2.21. The Hall–Kier alpha value is -1.30. The van der Waals surface area contributed by atoms with Gasteiger partial charge in [0.05, 0.1) is 0 Å². The summed E-state index contributed by atoms with van der Waals surface area (Å²) in [6.45, 7) is 0. The number of allylic oxidation sites excluding steroid dienone is 4. The first kappa shape index (κ1) is 9.89. The predicted molar refractivity (Wildman–Crippen MR) is 69.1 cm³/mol. The minimum absolute atomic E-state index is 0.748. The SMILES string of the molecule is C1=C(c2ccccc2)C=C2CCCCCC12. The third kappa shape index (κ3) is 1.84. The fraction of sp³-hybridized carbons (Fsp3) is 0.375. The molecule has 0 N–H and O–H groups in total. The maximum atomic E-state index is 2.48. The van der Waals surface area contributed by atoms with Crippen LogP contribution in [0.5, 0.6) is 0 Å². The summed E-state index contributed by atoms with van der Waals surface area (Å²) in [5, 5.41) is 0. The normalized spacial score (nSPS) is 24.4. The molecule has 0 bridgehead atoms. The Morgan fingerprint density at radius 2 is 1.81 bits per heavy atom. The zero-order valence-electron chi connectivity index (χ0n) is 9.65. The van der Waals surface area contributed by atoms with Gasteiger partial charge in [0.25, 0.3) is 0 Å². The maximum absolute atomic E-state index is 2.48. The largest absolute Gasteiger partial charge is 0.0695 e. The highest BCUT2D eigenvalue weighted by molar-refractivity contribution is 5.78. The van der Waals surface area contributed by atoms with Gasteiger partial charge in [-0.05, 0) is 36.3 Å². The molecule has 0 spiro atoms. The van der Waals surface area contributed by atoms with Crippen LogP contribution in [0.3, 0.4) is 0 Å². The lowest BCUT2D eigenvalue weighted by molar-refractivity contribution is 0.647. The molecule has 2 aliphatic carbocycles. The lowest BCUT2D eigenvalue weighted by Crippen LogP contribution is -1.93. The first-order chi connectivity index (χ1) is 7.93. The van der Waals surface area contributed by atoms with Gasteiger partial charge in [-0.1, -0.05) is 60.9 Å². The smallest absolute Gasteiger partial charge is 0.00107 e. The van der Waals surface area contributed by atoms with E-state index in [1.165, 1.54) is 43.2 Å². The van der Waals surface area contributed by atoms with Crippen LogP contribution in [0.2, 0.25) is 0 Å². The summed E-state index contributed by atoms with van der Waals surface area (Å²) in [5.41, 5.74) is 4.50. The van der Waals surface area contributed by atoms with Gasteiger partial charge in [0.15, 0.2) is 0 Å². The quantitative estimate of drug-likeness (QED) is 0.636. The van der Waals surface area contributed by atoms with E-state index in [2.05, 4.69) is 42.5 Å². The van der Waals surface area contributed by atoms with E-state index in [1.54, 1.807) is 5.57 Å². The predicted octanol–water partition coefficient (Wildman–Crippen LogP) is 4.59. The molecule has 0 nitrogen and oxygen atoms in total. The molecule has 3 rings (SSSR count). The van der Waals surface area contributed by atoms with E-state index in [-0.39, 0.29) is 0 Å². The van der Waals surface area contributed by atoms with Gasteiger partial charge in [0, 0.05) is 0 Å². The van der Waals surface area contributed by atoms with Crippen LogP contribution in [0.1, 0.15) is 37.7 Å². The maximum Gasteiger partial charge on any atom is -0.00107 e. The molecule has 16 heavy (non-hydrogen) atoms. The summed E-state index contributed by atoms with van der Waals surface area (Å²) in [6.07, 6.45) is 11.8.